The zero-order chi connectivity index (χ0) is 14.2. The Kier molecular flexibility index (Phi) is 4.11. The predicted molar refractivity (Wildman–Crippen MR) is 80.0 cm³/mol. The van der Waals surface area contributed by atoms with Crippen LogP contribution in [0.3, 0.4) is 0 Å². The van der Waals surface area contributed by atoms with Crippen molar-refractivity contribution >= 4 is 44.6 Å². The topological polar surface area (TPSA) is 34.1 Å². The van der Waals surface area contributed by atoms with Gasteiger partial charge in [-0.3, -0.25) is 0 Å². The Morgan fingerprint density at radius 1 is 0.789 bits per heavy atom. The van der Waals surface area contributed by atoms with Gasteiger partial charge in [-0.15, -0.1) is 0 Å². The van der Waals surface area contributed by atoms with Crippen molar-refractivity contribution in [2.45, 2.75) is 4.90 Å². The molecule has 2 rings (SSSR count). The molecule has 0 aliphatic carbocycles. The van der Waals surface area contributed by atoms with E-state index in [4.69, 9.17) is 34.8 Å². The fraction of sp³-hybridized carbons (Fsp3) is 0.0769. The van der Waals surface area contributed by atoms with E-state index in [9.17, 15) is 8.42 Å². The maximum Gasteiger partial charge on any atom is 0.176 e. The number of sulfone groups is 1. The van der Waals surface area contributed by atoms with Crippen LogP contribution in [0.25, 0.3) is 11.1 Å². The molecule has 0 bridgehead atoms. The van der Waals surface area contributed by atoms with E-state index in [-0.39, 0.29) is 9.92 Å². The van der Waals surface area contributed by atoms with Gasteiger partial charge in [0, 0.05) is 32.5 Å². The van der Waals surface area contributed by atoms with E-state index in [0.717, 1.165) is 6.26 Å². The lowest BCUT2D eigenvalue weighted by molar-refractivity contribution is 0.602. The minimum absolute atomic E-state index is 0.106. The molecule has 0 atom stereocenters. The molecule has 100 valence electrons. The fourth-order valence-corrected chi connectivity index (χ4v) is 3.61. The molecule has 0 spiro atoms. The Morgan fingerprint density at radius 2 is 1.21 bits per heavy atom. The van der Waals surface area contributed by atoms with E-state index < -0.39 is 9.84 Å². The highest BCUT2D eigenvalue weighted by molar-refractivity contribution is 7.90. The highest BCUT2D eigenvalue weighted by atomic mass is 35.5. The van der Waals surface area contributed by atoms with E-state index in [1.165, 1.54) is 6.07 Å². The maximum atomic E-state index is 11.9. The summed E-state index contributed by atoms with van der Waals surface area (Å²) in [7, 11) is -3.44. The van der Waals surface area contributed by atoms with Gasteiger partial charge in [0.2, 0.25) is 0 Å². The first-order chi connectivity index (χ1) is 8.82. The van der Waals surface area contributed by atoms with Crippen LogP contribution in [-0.2, 0) is 9.84 Å². The van der Waals surface area contributed by atoms with Crippen LogP contribution < -0.4 is 0 Å². The first kappa shape index (κ1) is 14.7. The average molecular weight is 336 g/mol. The lowest BCUT2D eigenvalue weighted by Gasteiger charge is -2.13. The molecule has 2 aromatic carbocycles. The SMILES string of the molecule is CS(=O)(=O)c1cccc(Cl)c1-c1c(Cl)cccc1Cl. The van der Waals surface area contributed by atoms with Gasteiger partial charge in [-0.25, -0.2) is 8.42 Å². The smallest absolute Gasteiger partial charge is 0.176 e. The molecule has 0 aromatic heterocycles. The Hall–Kier alpha value is -0.740. The molecule has 0 saturated heterocycles. The summed E-state index contributed by atoms with van der Waals surface area (Å²) in [6.07, 6.45) is 1.12. The third-order valence-corrected chi connectivity index (χ3v) is 4.67. The molecule has 0 unspecified atom stereocenters. The monoisotopic (exact) mass is 334 g/mol. The van der Waals surface area contributed by atoms with Gasteiger partial charge in [-0.1, -0.05) is 46.9 Å². The molecule has 19 heavy (non-hydrogen) atoms. The maximum absolute atomic E-state index is 11.9. The summed E-state index contributed by atoms with van der Waals surface area (Å²) in [6.45, 7) is 0. The second-order valence-corrected chi connectivity index (χ2v) is 7.19. The summed E-state index contributed by atoms with van der Waals surface area (Å²) in [4.78, 5) is 0.106. The van der Waals surface area contributed by atoms with E-state index in [0.29, 0.717) is 21.2 Å². The molecule has 0 fully saturated rings. The van der Waals surface area contributed by atoms with Crippen LogP contribution in [0.5, 0.6) is 0 Å². The van der Waals surface area contributed by atoms with Crippen molar-refractivity contribution in [3.05, 3.63) is 51.5 Å². The van der Waals surface area contributed by atoms with E-state index in [1.54, 1.807) is 30.3 Å². The Balaban J connectivity index is 2.91. The van der Waals surface area contributed by atoms with Crippen molar-refractivity contribution < 1.29 is 8.42 Å². The largest absolute Gasteiger partial charge is 0.224 e. The van der Waals surface area contributed by atoms with Crippen molar-refractivity contribution in [2.24, 2.45) is 0 Å². The second-order valence-electron chi connectivity index (χ2n) is 3.98. The molecule has 2 nitrogen and oxygen atoms in total. The average Bonchev–Trinajstić information content (AvgIpc) is 2.29. The van der Waals surface area contributed by atoms with Gasteiger partial charge in [0.1, 0.15) is 0 Å². The summed E-state index contributed by atoms with van der Waals surface area (Å²) in [5, 5.41) is 0.994. The van der Waals surface area contributed by atoms with E-state index in [1.807, 2.05) is 0 Å². The minimum Gasteiger partial charge on any atom is -0.224 e. The molecule has 0 aliphatic heterocycles. The summed E-state index contributed by atoms with van der Waals surface area (Å²) in [5.74, 6) is 0. The van der Waals surface area contributed by atoms with Gasteiger partial charge in [-0.05, 0) is 24.3 Å². The van der Waals surface area contributed by atoms with Crippen LogP contribution in [0.2, 0.25) is 15.1 Å². The lowest BCUT2D eigenvalue weighted by atomic mass is 10.1. The van der Waals surface area contributed by atoms with Crippen LogP contribution in [0.15, 0.2) is 41.3 Å². The number of benzene rings is 2. The highest BCUT2D eigenvalue weighted by Crippen LogP contribution is 2.41. The minimum atomic E-state index is -3.44. The van der Waals surface area contributed by atoms with Gasteiger partial charge in [-0.2, -0.15) is 0 Å². The van der Waals surface area contributed by atoms with Crippen molar-refractivity contribution in [3.8, 4) is 11.1 Å². The summed E-state index contributed by atoms with van der Waals surface area (Å²) in [5.41, 5.74) is 0.763. The third kappa shape index (κ3) is 2.90. The Morgan fingerprint density at radius 3 is 1.68 bits per heavy atom. The molecular formula is C13H9Cl3O2S. The van der Waals surface area contributed by atoms with Gasteiger partial charge in [0.25, 0.3) is 0 Å². The second kappa shape index (κ2) is 5.33. The van der Waals surface area contributed by atoms with E-state index in [2.05, 4.69) is 0 Å². The van der Waals surface area contributed by atoms with E-state index >= 15 is 0 Å². The first-order valence-electron chi connectivity index (χ1n) is 5.25. The number of hydrogen-bond acceptors (Lipinski definition) is 2. The standard InChI is InChI=1S/C13H9Cl3O2S/c1-19(17,18)11-7-3-6-10(16)13(11)12-8(14)4-2-5-9(12)15/h2-7H,1H3. The Labute approximate surface area is 126 Å². The van der Waals surface area contributed by atoms with Gasteiger partial charge < -0.3 is 0 Å². The summed E-state index contributed by atoms with van der Waals surface area (Å²) >= 11 is 18.4. The molecule has 6 heteroatoms. The third-order valence-electron chi connectivity index (χ3n) is 2.59. The molecule has 0 N–H and O–H groups in total. The van der Waals surface area contributed by atoms with Crippen molar-refractivity contribution in [3.63, 3.8) is 0 Å². The first-order valence-corrected chi connectivity index (χ1v) is 8.28. The molecule has 0 radical (unpaired) electrons. The van der Waals surface area contributed by atoms with Crippen molar-refractivity contribution in [2.75, 3.05) is 6.26 Å². The van der Waals surface area contributed by atoms with Crippen molar-refractivity contribution in [1.29, 1.82) is 0 Å². The van der Waals surface area contributed by atoms with Crippen LogP contribution in [0.4, 0.5) is 0 Å². The van der Waals surface area contributed by atoms with Gasteiger partial charge in [0.05, 0.1) is 4.90 Å². The molecule has 0 heterocycles. The predicted octanol–water partition coefficient (Wildman–Crippen LogP) is 4.72. The molecule has 2 aromatic rings. The van der Waals surface area contributed by atoms with Crippen LogP contribution >= 0.6 is 34.8 Å². The zero-order valence-corrected chi connectivity index (χ0v) is 12.9. The summed E-state index contributed by atoms with van der Waals surface area (Å²) in [6, 6.07) is 9.62. The number of rotatable bonds is 2. The fourth-order valence-electron chi connectivity index (χ4n) is 1.79. The highest BCUT2D eigenvalue weighted by Gasteiger charge is 2.21. The Bertz CT molecular complexity index is 719. The van der Waals surface area contributed by atoms with Crippen molar-refractivity contribution in [1.82, 2.24) is 0 Å². The molecular weight excluding hydrogens is 327 g/mol. The van der Waals surface area contributed by atoms with Crippen LogP contribution in [0.1, 0.15) is 0 Å². The zero-order valence-electron chi connectivity index (χ0n) is 9.82. The molecule has 0 saturated carbocycles. The van der Waals surface area contributed by atoms with Crippen LogP contribution in [-0.4, -0.2) is 14.7 Å². The van der Waals surface area contributed by atoms with Gasteiger partial charge >= 0.3 is 0 Å². The van der Waals surface area contributed by atoms with Crippen LogP contribution in [0, 0.1) is 0 Å². The summed E-state index contributed by atoms with van der Waals surface area (Å²) < 4.78 is 23.7. The number of halogens is 3. The quantitative estimate of drug-likeness (QED) is 0.796. The molecule has 0 amide bonds. The van der Waals surface area contributed by atoms with Gasteiger partial charge in [0.15, 0.2) is 9.84 Å². The normalized spacial score (nSPS) is 11.6. The number of hydrogen-bond donors (Lipinski definition) is 0. The molecule has 0 aliphatic rings. The lowest BCUT2D eigenvalue weighted by Crippen LogP contribution is -2.01.